The van der Waals surface area contributed by atoms with E-state index >= 15 is 0 Å². The fourth-order valence-corrected chi connectivity index (χ4v) is 4.62. The number of aromatic nitrogens is 1. The number of nitrogens with one attached hydrogen (secondary N) is 1. The molecule has 0 bridgehead atoms. The Balaban J connectivity index is 1.81. The molecule has 0 aliphatic carbocycles. The van der Waals surface area contributed by atoms with Gasteiger partial charge in [-0.15, -0.1) is 11.3 Å². The minimum Gasteiger partial charge on any atom is -0.476 e. The van der Waals surface area contributed by atoms with E-state index in [1.54, 1.807) is 5.38 Å². The number of aromatic carboxylic acids is 1. The molecular weight excluding hydrogens is 264 g/mol. The van der Waals surface area contributed by atoms with E-state index in [9.17, 15) is 4.79 Å². The number of carboxylic acids is 1. The summed E-state index contributed by atoms with van der Waals surface area (Å²) in [6.45, 7) is 0.865. The molecule has 1 unspecified atom stereocenters. The van der Waals surface area contributed by atoms with Crippen LogP contribution in [0.15, 0.2) is 5.38 Å². The summed E-state index contributed by atoms with van der Waals surface area (Å²) in [4.78, 5) is 14.6. The first-order valence-corrected chi connectivity index (χ1v) is 7.96. The van der Waals surface area contributed by atoms with Crippen molar-refractivity contribution >= 4 is 46.0 Å². The van der Waals surface area contributed by atoms with E-state index in [1.807, 2.05) is 23.5 Å². The fraction of sp³-hybridized carbons (Fsp3) is 0.556. The number of carbonyl (C=O) groups is 1. The van der Waals surface area contributed by atoms with E-state index in [2.05, 4.69) is 10.3 Å². The Hall–Kier alpha value is -0.400. The van der Waals surface area contributed by atoms with Crippen LogP contribution in [0.4, 0.5) is 5.13 Å². The van der Waals surface area contributed by atoms with Crippen molar-refractivity contribution in [1.82, 2.24) is 4.98 Å². The summed E-state index contributed by atoms with van der Waals surface area (Å²) >= 11 is 5.30. The molecule has 0 amide bonds. The van der Waals surface area contributed by atoms with E-state index in [1.165, 1.54) is 22.8 Å². The zero-order chi connectivity index (χ0) is 11.4. The van der Waals surface area contributed by atoms with E-state index in [0.29, 0.717) is 10.4 Å². The second kappa shape index (κ2) is 5.79. The van der Waals surface area contributed by atoms with Gasteiger partial charge >= 0.3 is 5.97 Å². The lowest BCUT2D eigenvalue weighted by molar-refractivity contribution is 0.0691. The third kappa shape index (κ3) is 3.29. The van der Waals surface area contributed by atoms with Crippen molar-refractivity contribution in [3.8, 4) is 0 Å². The summed E-state index contributed by atoms with van der Waals surface area (Å²) in [7, 11) is 0. The average Bonchev–Trinajstić information content (AvgIpc) is 2.76. The normalized spacial score (nSPS) is 20.6. The third-order valence-electron chi connectivity index (χ3n) is 2.09. The highest BCUT2D eigenvalue weighted by atomic mass is 32.2. The number of thioether (sulfide) groups is 2. The van der Waals surface area contributed by atoms with Gasteiger partial charge in [0, 0.05) is 34.4 Å². The number of thiazole rings is 1. The van der Waals surface area contributed by atoms with Gasteiger partial charge in [-0.05, 0) is 0 Å². The third-order valence-corrected chi connectivity index (χ3v) is 5.73. The molecule has 0 spiro atoms. The van der Waals surface area contributed by atoms with E-state index in [4.69, 9.17) is 5.11 Å². The van der Waals surface area contributed by atoms with Crippen LogP contribution < -0.4 is 5.32 Å². The summed E-state index contributed by atoms with van der Waals surface area (Å²) in [5, 5.41) is 14.8. The first-order valence-electron chi connectivity index (χ1n) is 4.88. The van der Waals surface area contributed by atoms with Crippen molar-refractivity contribution in [1.29, 1.82) is 0 Å². The van der Waals surface area contributed by atoms with Crippen LogP contribution in [-0.4, -0.2) is 45.1 Å². The summed E-state index contributed by atoms with van der Waals surface area (Å²) < 4.78 is 0. The van der Waals surface area contributed by atoms with Crippen LogP contribution in [-0.2, 0) is 0 Å². The number of hydrogen-bond donors (Lipinski definition) is 2. The summed E-state index contributed by atoms with van der Waals surface area (Å²) in [6, 6.07) is 0. The molecule has 1 aliphatic heterocycles. The minimum absolute atomic E-state index is 0.123. The molecule has 1 saturated heterocycles. The molecule has 88 valence electrons. The Bertz CT molecular complexity index is 363. The zero-order valence-corrected chi connectivity index (χ0v) is 11.0. The minimum atomic E-state index is -0.966. The van der Waals surface area contributed by atoms with Crippen LogP contribution in [0, 0.1) is 0 Å². The molecule has 0 radical (unpaired) electrons. The molecule has 0 aromatic carbocycles. The number of rotatable bonds is 4. The SMILES string of the molecule is O=C(O)c1csc(NCC2CSCCS2)n1. The highest BCUT2D eigenvalue weighted by molar-refractivity contribution is 8.06. The Morgan fingerprint density at radius 2 is 2.50 bits per heavy atom. The Morgan fingerprint density at radius 1 is 1.62 bits per heavy atom. The largest absolute Gasteiger partial charge is 0.476 e. The van der Waals surface area contributed by atoms with Crippen LogP contribution in [0.5, 0.6) is 0 Å². The Kier molecular flexibility index (Phi) is 4.37. The van der Waals surface area contributed by atoms with Gasteiger partial charge in [0.05, 0.1) is 0 Å². The number of carboxylic acid groups (broad SMARTS) is 1. The molecule has 0 saturated carbocycles. The lowest BCUT2D eigenvalue weighted by atomic mass is 10.5. The molecule has 2 N–H and O–H groups in total. The van der Waals surface area contributed by atoms with Gasteiger partial charge in [-0.3, -0.25) is 0 Å². The van der Waals surface area contributed by atoms with Gasteiger partial charge in [0.25, 0.3) is 0 Å². The number of hydrogen-bond acceptors (Lipinski definition) is 6. The van der Waals surface area contributed by atoms with Gasteiger partial charge in [0.15, 0.2) is 10.8 Å². The molecule has 7 heteroatoms. The Morgan fingerprint density at radius 3 is 3.12 bits per heavy atom. The van der Waals surface area contributed by atoms with Crippen LogP contribution in [0.2, 0.25) is 0 Å². The second-order valence-electron chi connectivity index (χ2n) is 3.29. The molecule has 2 heterocycles. The van der Waals surface area contributed by atoms with Crippen molar-refractivity contribution in [3.05, 3.63) is 11.1 Å². The first-order chi connectivity index (χ1) is 7.75. The Labute approximate surface area is 106 Å². The predicted octanol–water partition coefficient (Wildman–Crippen LogP) is 2.10. The molecule has 1 aliphatic rings. The van der Waals surface area contributed by atoms with E-state index in [-0.39, 0.29) is 5.69 Å². The van der Waals surface area contributed by atoms with Crippen molar-refractivity contribution in [3.63, 3.8) is 0 Å². The van der Waals surface area contributed by atoms with Gasteiger partial charge in [0.2, 0.25) is 0 Å². The molecule has 1 aromatic heterocycles. The monoisotopic (exact) mass is 276 g/mol. The molecule has 2 rings (SSSR count). The van der Waals surface area contributed by atoms with Crippen molar-refractivity contribution in [2.24, 2.45) is 0 Å². The summed E-state index contributed by atoms with van der Waals surface area (Å²) in [5.41, 5.74) is 0.123. The summed E-state index contributed by atoms with van der Waals surface area (Å²) in [5.74, 6) is 2.64. The molecule has 1 aromatic rings. The lowest BCUT2D eigenvalue weighted by Gasteiger charge is -2.20. The van der Waals surface area contributed by atoms with Crippen molar-refractivity contribution in [2.75, 3.05) is 29.1 Å². The molecule has 4 nitrogen and oxygen atoms in total. The topological polar surface area (TPSA) is 62.2 Å². The predicted molar refractivity (Wildman–Crippen MR) is 71.1 cm³/mol. The van der Waals surface area contributed by atoms with Crippen LogP contribution in [0.3, 0.4) is 0 Å². The molecular formula is C9H12N2O2S3. The van der Waals surface area contributed by atoms with Crippen LogP contribution >= 0.6 is 34.9 Å². The molecule has 1 atom stereocenters. The van der Waals surface area contributed by atoms with Gasteiger partial charge in [0.1, 0.15) is 0 Å². The molecule has 16 heavy (non-hydrogen) atoms. The quantitative estimate of drug-likeness (QED) is 0.878. The maximum Gasteiger partial charge on any atom is 0.355 e. The summed E-state index contributed by atoms with van der Waals surface area (Å²) in [6.07, 6.45) is 0. The van der Waals surface area contributed by atoms with Gasteiger partial charge < -0.3 is 10.4 Å². The maximum atomic E-state index is 10.6. The average molecular weight is 276 g/mol. The van der Waals surface area contributed by atoms with Gasteiger partial charge in [-0.25, -0.2) is 9.78 Å². The maximum absolute atomic E-state index is 10.6. The van der Waals surface area contributed by atoms with E-state index in [0.717, 1.165) is 12.3 Å². The smallest absolute Gasteiger partial charge is 0.355 e. The number of anilines is 1. The molecule has 1 fully saturated rings. The first kappa shape index (κ1) is 12.1. The van der Waals surface area contributed by atoms with Crippen molar-refractivity contribution < 1.29 is 9.90 Å². The van der Waals surface area contributed by atoms with Gasteiger partial charge in [-0.1, -0.05) is 0 Å². The highest BCUT2D eigenvalue weighted by Gasteiger charge is 2.15. The van der Waals surface area contributed by atoms with E-state index < -0.39 is 5.97 Å². The fourth-order valence-electron chi connectivity index (χ4n) is 1.31. The van der Waals surface area contributed by atoms with Crippen LogP contribution in [0.25, 0.3) is 0 Å². The standard InChI is InChI=1S/C9H12N2O2S3/c12-8(13)7-5-16-9(11-7)10-3-6-4-14-1-2-15-6/h5-6H,1-4H2,(H,10,11)(H,12,13). The van der Waals surface area contributed by atoms with Crippen LogP contribution in [0.1, 0.15) is 10.5 Å². The lowest BCUT2D eigenvalue weighted by Crippen LogP contribution is -2.23. The van der Waals surface area contributed by atoms with Gasteiger partial charge in [-0.2, -0.15) is 23.5 Å². The number of nitrogens with zero attached hydrogens (tertiary/aromatic N) is 1. The van der Waals surface area contributed by atoms with Crippen molar-refractivity contribution in [2.45, 2.75) is 5.25 Å². The zero-order valence-electron chi connectivity index (χ0n) is 8.51. The highest BCUT2D eigenvalue weighted by Crippen LogP contribution is 2.24. The second-order valence-corrected chi connectivity index (χ2v) is 6.71.